The Hall–Kier alpha value is -2.69. The Kier molecular flexibility index (Phi) is 4.60. The first kappa shape index (κ1) is 16.2. The summed E-state index contributed by atoms with van der Waals surface area (Å²) in [5.41, 5.74) is 2.95. The van der Waals surface area contributed by atoms with Crippen LogP contribution in [0.15, 0.2) is 42.6 Å². The van der Waals surface area contributed by atoms with Crippen molar-refractivity contribution < 1.29 is 9.59 Å². The first-order valence-electron chi connectivity index (χ1n) is 8.30. The summed E-state index contributed by atoms with van der Waals surface area (Å²) >= 11 is 0. The number of nitrogens with zero attached hydrogens (tertiary/aromatic N) is 3. The predicted molar refractivity (Wildman–Crippen MR) is 93.3 cm³/mol. The fourth-order valence-electron chi connectivity index (χ4n) is 3.06. The number of anilines is 1. The summed E-state index contributed by atoms with van der Waals surface area (Å²) in [6, 6.07) is 11.2. The SMILES string of the molecule is CCN(CC)C(=O)c1cc(C(=O)N2CCc3ccccc32)ccn1. The Morgan fingerprint density at radius 2 is 1.92 bits per heavy atom. The summed E-state index contributed by atoms with van der Waals surface area (Å²) in [4.78, 5) is 32.9. The van der Waals surface area contributed by atoms with Gasteiger partial charge in [0.25, 0.3) is 11.8 Å². The minimum Gasteiger partial charge on any atom is -0.338 e. The zero-order chi connectivity index (χ0) is 17.1. The highest BCUT2D eigenvalue weighted by Gasteiger charge is 2.26. The quantitative estimate of drug-likeness (QED) is 0.869. The van der Waals surface area contributed by atoms with Gasteiger partial charge in [-0.15, -0.1) is 0 Å². The van der Waals surface area contributed by atoms with Gasteiger partial charge in [-0.25, -0.2) is 0 Å². The second kappa shape index (κ2) is 6.83. The number of para-hydroxylation sites is 1. The fourth-order valence-corrected chi connectivity index (χ4v) is 3.06. The van der Waals surface area contributed by atoms with Gasteiger partial charge in [0, 0.05) is 37.1 Å². The van der Waals surface area contributed by atoms with E-state index in [1.807, 2.05) is 38.1 Å². The number of hydrogen-bond donors (Lipinski definition) is 0. The zero-order valence-corrected chi connectivity index (χ0v) is 14.0. The number of carbonyl (C=O) groups excluding carboxylic acids is 2. The van der Waals surface area contributed by atoms with Crippen LogP contribution in [0.25, 0.3) is 0 Å². The van der Waals surface area contributed by atoms with Crippen molar-refractivity contribution in [2.24, 2.45) is 0 Å². The van der Waals surface area contributed by atoms with Crippen molar-refractivity contribution in [3.63, 3.8) is 0 Å². The monoisotopic (exact) mass is 323 g/mol. The highest BCUT2D eigenvalue weighted by atomic mass is 16.2. The lowest BCUT2D eigenvalue weighted by Gasteiger charge is -2.19. The van der Waals surface area contributed by atoms with E-state index in [4.69, 9.17) is 0 Å². The number of carbonyl (C=O) groups is 2. The van der Waals surface area contributed by atoms with E-state index < -0.39 is 0 Å². The van der Waals surface area contributed by atoms with E-state index in [0.717, 1.165) is 12.1 Å². The van der Waals surface area contributed by atoms with Crippen LogP contribution >= 0.6 is 0 Å². The van der Waals surface area contributed by atoms with Crippen molar-refractivity contribution in [2.45, 2.75) is 20.3 Å². The molecule has 0 saturated heterocycles. The topological polar surface area (TPSA) is 53.5 Å². The van der Waals surface area contributed by atoms with Crippen molar-refractivity contribution >= 4 is 17.5 Å². The Morgan fingerprint density at radius 3 is 2.67 bits per heavy atom. The van der Waals surface area contributed by atoms with Crippen LogP contribution in [0, 0.1) is 0 Å². The minimum absolute atomic E-state index is 0.0871. The first-order chi connectivity index (χ1) is 11.7. The molecule has 2 aromatic rings. The molecule has 0 radical (unpaired) electrons. The summed E-state index contributed by atoms with van der Waals surface area (Å²) in [5, 5.41) is 0. The summed E-state index contributed by atoms with van der Waals surface area (Å²) in [5.74, 6) is -0.229. The van der Waals surface area contributed by atoms with Crippen LogP contribution in [0.1, 0.15) is 40.3 Å². The van der Waals surface area contributed by atoms with E-state index in [1.165, 1.54) is 11.8 Å². The molecule has 24 heavy (non-hydrogen) atoms. The van der Waals surface area contributed by atoms with Crippen LogP contribution in [-0.2, 0) is 6.42 Å². The van der Waals surface area contributed by atoms with Gasteiger partial charge in [-0.3, -0.25) is 14.6 Å². The van der Waals surface area contributed by atoms with Gasteiger partial charge in [-0.05, 0) is 44.0 Å². The molecule has 1 aliphatic rings. The van der Waals surface area contributed by atoms with E-state index in [0.29, 0.717) is 30.9 Å². The molecule has 0 N–H and O–H groups in total. The van der Waals surface area contributed by atoms with Gasteiger partial charge in [-0.2, -0.15) is 0 Å². The molecule has 0 unspecified atom stereocenters. The molecule has 0 saturated carbocycles. The van der Waals surface area contributed by atoms with E-state index in [-0.39, 0.29) is 11.8 Å². The van der Waals surface area contributed by atoms with Gasteiger partial charge < -0.3 is 9.80 Å². The lowest BCUT2D eigenvalue weighted by atomic mass is 10.1. The molecule has 2 amide bonds. The number of fused-ring (bicyclic) bond motifs is 1. The highest BCUT2D eigenvalue weighted by molar-refractivity contribution is 6.08. The molecule has 5 nitrogen and oxygen atoms in total. The number of hydrogen-bond acceptors (Lipinski definition) is 3. The van der Waals surface area contributed by atoms with E-state index in [1.54, 1.807) is 21.9 Å². The van der Waals surface area contributed by atoms with Gasteiger partial charge in [0.2, 0.25) is 0 Å². The third-order valence-corrected chi connectivity index (χ3v) is 4.41. The van der Waals surface area contributed by atoms with Gasteiger partial charge >= 0.3 is 0 Å². The maximum Gasteiger partial charge on any atom is 0.272 e. The molecule has 5 heteroatoms. The molecule has 0 spiro atoms. The summed E-state index contributed by atoms with van der Waals surface area (Å²) < 4.78 is 0. The van der Waals surface area contributed by atoms with Crippen molar-refractivity contribution in [2.75, 3.05) is 24.5 Å². The average molecular weight is 323 g/mol. The van der Waals surface area contributed by atoms with Gasteiger partial charge in [0.1, 0.15) is 5.69 Å². The Labute approximate surface area is 141 Å². The second-order valence-electron chi connectivity index (χ2n) is 5.74. The van der Waals surface area contributed by atoms with Crippen molar-refractivity contribution in [1.29, 1.82) is 0 Å². The molecule has 2 heterocycles. The van der Waals surface area contributed by atoms with Crippen LogP contribution < -0.4 is 4.90 Å². The lowest BCUT2D eigenvalue weighted by Crippen LogP contribution is -2.32. The highest BCUT2D eigenvalue weighted by Crippen LogP contribution is 2.28. The molecule has 1 aromatic carbocycles. The van der Waals surface area contributed by atoms with Gasteiger partial charge in [0.05, 0.1) is 0 Å². The van der Waals surface area contributed by atoms with Crippen LogP contribution in [0.4, 0.5) is 5.69 Å². The Balaban J connectivity index is 1.87. The molecule has 1 aliphatic heterocycles. The van der Waals surface area contributed by atoms with Crippen molar-refractivity contribution in [1.82, 2.24) is 9.88 Å². The second-order valence-corrected chi connectivity index (χ2v) is 5.74. The molecular formula is C19H21N3O2. The Bertz CT molecular complexity index is 769. The predicted octanol–water partition coefficient (Wildman–Crippen LogP) is 2.77. The zero-order valence-electron chi connectivity index (χ0n) is 14.0. The molecule has 0 atom stereocenters. The molecule has 1 aromatic heterocycles. The lowest BCUT2D eigenvalue weighted by molar-refractivity contribution is 0.0767. The standard InChI is InChI=1S/C19H21N3O2/c1-3-21(4-2)19(24)16-13-15(9-11-20-16)18(23)22-12-10-14-7-5-6-8-17(14)22/h5-9,11,13H,3-4,10,12H2,1-2H3. The van der Waals surface area contributed by atoms with Crippen LogP contribution in [-0.4, -0.2) is 41.3 Å². The minimum atomic E-state index is -0.142. The Morgan fingerprint density at radius 1 is 1.17 bits per heavy atom. The van der Waals surface area contributed by atoms with E-state index in [9.17, 15) is 9.59 Å². The summed E-state index contributed by atoms with van der Waals surface area (Å²) in [7, 11) is 0. The molecule has 3 rings (SSSR count). The molecular weight excluding hydrogens is 302 g/mol. The van der Waals surface area contributed by atoms with Crippen LogP contribution in [0.3, 0.4) is 0 Å². The average Bonchev–Trinajstić information content (AvgIpc) is 3.06. The number of rotatable bonds is 4. The molecule has 0 bridgehead atoms. The molecule has 124 valence electrons. The molecule has 0 aliphatic carbocycles. The first-order valence-corrected chi connectivity index (χ1v) is 8.30. The van der Waals surface area contributed by atoms with Crippen molar-refractivity contribution in [3.05, 3.63) is 59.4 Å². The van der Waals surface area contributed by atoms with Gasteiger partial charge in [0.15, 0.2) is 0 Å². The van der Waals surface area contributed by atoms with Crippen molar-refractivity contribution in [3.8, 4) is 0 Å². The fraction of sp³-hybridized carbons (Fsp3) is 0.316. The smallest absolute Gasteiger partial charge is 0.272 e. The number of aromatic nitrogens is 1. The maximum absolute atomic E-state index is 12.9. The van der Waals surface area contributed by atoms with E-state index >= 15 is 0 Å². The number of benzene rings is 1. The normalized spacial score (nSPS) is 12.8. The van der Waals surface area contributed by atoms with Gasteiger partial charge in [-0.1, -0.05) is 18.2 Å². The summed E-state index contributed by atoms with van der Waals surface area (Å²) in [6.07, 6.45) is 2.39. The summed E-state index contributed by atoms with van der Waals surface area (Å²) in [6.45, 7) is 5.76. The third-order valence-electron chi connectivity index (χ3n) is 4.41. The third kappa shape index (κ3) is 2.89. The van der Waals surface area contributed by atoms with Crippen LogP contribution in [0.2, 0.25) is 0 Å². The molecule has 0 fully saturated rings. The number of pyridine rings is 1. The van der Waals surface area contributed by atoms with Crippen LogP contribution in [0.5, 0.6) is 0 Å². The number of amides is 2. The maximum atomic E-state index is 12.9. The van der Waals surface area contributed by atoms with E-state index in [2.05, 4.69) is 4.98 Å². The largest absolute Gasteiger partial charge is 0.338 e.